The Balaban J connectivity index is 3.69. The first-order valence-electron chi connectivity index (χ1n) is 30.6. The second-order valence-electron chi connectivity index (χ2n) is 19.3. The highest BCUT2D eigenvalue weighted by atomic mass is 16.6. The van der Waals surface area contributed by atoms with E-state index >= 15 is 0 Å². The summed E-state index contributed by atoms with van der Waals surface area (Å²) in [7, 11) is 0. The van der Waals surface area contributed by atoms with Gasteiger partial charge in [0.25, 0.3) is 0 Å². The number of unbranched alkanes of at least 4 members (excludes halogenated alkanes) is 11. The monoisotopic (exact) mass is 1070 g/mol. The van der Waals surface area contributed by atoms with Crippen LogP contribution in [0.25, 0.3) is 0 Å². The highest BCUT2D eigenvalue weighted by molar-refractivity contribution is 5.70. The van der Waals surface area contributed by atoms with Crippen LogP contribution in [0.4, 0.5) is 0 Å². The Morgan fingerprint density at radius 1 is 0.295 bits per heavy atom. The molecule has 0 amide bonds. The molecule has 5 nitrogen and oxygen atoms in total. The molecule has 0 saturated heterocycles. The molecular formula is C73H110O5. The second-order valence-corrected chi connectivity index (χ2v) is 19.3. The van der Waals surface area contributed by atoms with Gasteiger partial charge < -0.3 is 14.6 Å². The molecule has 0 aliphatic heterocycles. The first-order chi connectivity index (χ1) is 38.6. The van der Waals surface area contributed by atoms with Crippen LogP contribution < -0.4 is 0 Å². The minimum atomic E-state index is -0.817. The average molecular weight is 1070 g/mol. The Bertz CT molecular complexity index is 1880. The van der Waals surface area contributed by atoms with Gasteiger partial charge in [-0.2, -0.15) is 0 Å². The Hall–Kier alpha value is -5.52. The van der Waals surface area contributed by atoms with Crippen molar-refractivity contribution < 1.29 is 24.2 Å². The van der Waals surface area contributed by atoms with E-state index in [9.17, 15) is 14.7 Å². The van der Waals surface area contributed by atoms with Crippen molar-refractivity contribution in [2.45, 2.75) is 225 Å². The van der Waals surface area contributed by atoms with E-state index < -0.39 is 6.10 Å². The van der Waals surface area contributed by atoms with Gasteiger partial charge in [-0.15, -0.1) is 0 Å². The number of hydrogen-bond acceptors (Lipinski definition) is 5. The van der Waals surface area contributed by atoms with Gasteiger partial charge in [0, 0.05) is 12.8 Å². The molecule has 432 valence electrons. The molecule has 0 saturated carbocycles. The van der Waals surface area contributed by atoms with Crippen molar-refractivity contribution in [3.8, 4) is 0 Å². The van der Waals surface area contributed by atoms with E-state index in [1.165, 1.54) is 38.5 Å². The van der Waals surface area contributed by atoms with Gasteiger partial charge in [0.05, 0.1) is 6.61 Å². The van der Waals surface area contributed by atoms with Gasteiger partial charge in [-0.25, -0.2) is 0 Å². The number of ether oxygens (including phenoxy) is 2. The van der Waals surface area contributed by atoms with Crippen LogP contribution in [-0.2, 0) is 19.1 Å². The Labute approximate surface area is 479 Å². The fourth-order valence-corrected chi connectivity index (χ4v) is 7.56. The average Bonchev–Trinajstić information content (AvgIpc) is 3.44. The summed E-state index contributed by atoms with van der Waals surface area (Å²) in [4.78, 5) is 24.6. The summed E-state index contributed by atoms with van der Waals surface area (Å²) >= 11 is 0. The number of esters is 2. The molecule has 0 aromatic rings. The van der Waals surface area contributed by atoms with E-state index in [0.29, 0.717) is 12.8 Å². The van der Waals surface area contributed by atoms with Crippen LogP contribution >= 0.6 is 0 Å². The molecule has 1 atom stereocenters. The zero-order chi connectivity index (χ0) is 56.2. The van der Waals surface area contributed by atoms with Crippen molar-refractivity contribution in [3.05, 3.63) is 207 Å². The number of aliphatic hydroxyl groups is 1. The van der Waals surface area contributed by atoms with E-state index in [-0.39, 0.29) is 31.6 Å². The third-order valence-electron chi connectivity index (χ3n) is 12.1. The zero-order valence-corrected chi connectivity index (χ0v) is 49.3. The lowest BCUT2D eigenvalue weighted by molar-refractivity contribution is -0.161. The van der Waals surface area contributed by atoms with Crippen LogP contribution in [0.15, 0.2) is 207 Å². The van der Waals surface area contributed by atoms with Gasteiger partial charge in [-0.05, 0) is 148 Å². The standard InChI is InChI=1S/C73H110O5/c1-3-5-7-9-11-13-15-17-19-21-23-25-27-29-31-33-35-36-38-40-42-44-46-48-50-52-54-56-58-60-62-64-66-68-73(76)78-71(69-74)70-77-72(75)67-65-63-61-59-57-55-53-51-49-47-45-43-41-39-37-34-32-30-28-26-24-22-20-18-16-14-12-10-8-6-4-2/h5-8,11-14,17-20,23-26,29-32,35-37,39-40,42-43,45-46,48,52,54,58,60,71,74H,3-4,9-10,15-16,21-22,27-28,33-34,38,41,44,47,49-51,53,55-57,59,61-70H2,1-2H3/b7-5-,8-6-,13-11-,14-12-,19-17-,20-18-,25-23-,26-24-,31-29-,32-30-,36-35-,39-37-,42-40-,45-43-,48-46-,54-52-,60-58-. The third kappa shape index (κ3) is 63.0. The van der Waals surface area contributed by atoms with Crippen LogP contribution in [0, 0.1) is 0 Å². The van der Waals surface area contributed by atoms with Gasteiger partial charge in [0.2, 0.25) is 0 Å². The molecule has 5 heteroatoms. The molecule has 0 bridgehead atoms. The summed E-state index contributed by atoms with van der Waals surface area (Å²) in [6, 6.07) is 0. The summed E-state index contributed by atoms with van der Waals surface area (Å²) < 4.78 is 10.7. The maximum atomic E-state index is 12.3. The summed E-state index contributed by atoms with van der Waals surface area (Å²) in [5.41, 5.74) is 0. The normalized spacial score (nSPS) is 13.7. The van der Waals surface area contributed by atoms with Crippen molar-refractivity contribution in [1.29, 1.82) is 0 Å². The maximum absolute atomic E-state index is 12.3. The highest BCUT2D eigenvalue weighted by Crippen LogP contribution is 2.13. The number of carbonyl (C=O) groups excluding carboxylic acids is 2. The predicted octanol–water partition coefficient (Wildman–Crippen LogP) is 21.4. The lowest BCUT2D eigenvalue weighted by Crippen LogP contribution is -2.28. The maximum Gasteiger partial charge on any atom is 0.306 e. The topological polar surface area (TPSA) is 72.8 Å². The van der Waals surface area contributed by atoms with Crippen molar-refractivity contribution in [1.82, 2.24) is 0 Å². The van der Waals surface area contributed by atoms with Gasteiger partial charge in [0.15, 0.2) is 6.10 Å². The van der Waals surface area contributed by atoms with Crippen LogP contribution in [0.3, 0.4) is 0 Å². The molecule has 1 N–H and O–H groups in total. The van der Waals surface area contributed by atoms with E-state index in [2.05, 4.69) is 220 Å². The number of hydrogen-bond donors (Lipinski definition) is 1. The lowest BCUT2D eigenvalue weighted by Gasteiger charge is -2.15. The van der Waals surface area contributed by atoms with Gasteiger partial charge >= 0.3 is 11.9 Å². The Kier molecular flexibility index (Phi) is 61.1. The fourth-order valence-electron chi connectivity index (χ4n) is 7.56. The molecule has 0 heterocycles. The highest BCUT2D eigenvalue weighted by Gasteiger charge is 2.16. The fraction of sp³-hybridized carbons (Fsp3) is 0.507. The lowest BCUT2D eigenvalue weighted by atomic mass is 10.1. The molecule has 0 aliphatic rings. The molecule has 1 unspecified atom stereocenters. The minimum absolute atomic E-state index is 0.102. The summed E-state index contributed by atoms with van der Waals surface area (Å²) in [6.45, 7) is 3.86. The quantitative estimate of drug-likeness (QED) is 0.0373. The molecule has 0 rings (SSSR count). The van der Waals surface area contributed by atoms with Crippen LogP contribution in [-0.4, -0.2) is 36.4 Å². The van der Waals surface area contributed by atoms with E-state index in [4.69, 9.17) is 9.47 Å². The summed E-state index contributed by atoms with van der Waals surface area (Å²) in [5, 5.41) is 9.67. The first-order valence-corrected chi connectivity index (χ1v) is 30.6. The summed E-state index contributed by atoms with van der Waals surface area (Å²) in [6.07, 6.45) is 107. The van der Waals surface area contributed by atoms with Crippen molar-refractivity contribution in [3.63, 3.8) is 0 Å². The SMILES string of the molecule is CC/C=C\C/C=C\C/C=C\C/C=C\C/C=C\C/C=C\C/C=C\C/C=C\C/C=C\C/C=C\CCCCC(=O)OC(CO)COC(=O)CCCCCCCCCCC/C=C\C/C=C\C/C=C\C/C=C\C/C=C\C/C=C\C/C=C\CC. The van der Waals surface area contributed by atoms with Crippen LogP contribution in [0.5, 0.6) is 0 Å². The number of carbonyl (C=O) groups is 2. The minimum Gasteiger partial charge on any atom is -0.462 e. The molecule has 0 spiro atoms. The molecule has 0 aromatic heterocycles. The first kappa shape index (κ1) is 72.5. The van der Waals surface area contributed by atoms with E-state index in [0.717, 1.165) is 148 Å². The predicted molar refractivity (Wildman–Crippen MR) is 342 cm³/mol. The number of aliphatic hydroxyl groups excluding tert-OH is 1. The van der Waals surface area contributed by atoms with Crippen LogP contribution in [0.1, 0.15) is 219 Å². The smallest absolute Gasteiger partial charge is 0.306 e. The van der Waals surface area contributed by atoms with E-state index in [1.807, 2.05) is 0 Å². The molecule has 0 radical (unpaired) electrons. The Morgan fingerprint density at radius 2 is 0.513 bits per heavy atom. The van der Waals surface area contributed by atoms with Crippen molar-refractivity contribution in [2.75, 3.05) is 13.2 Å². The van der Waals surface area contributed by atoms with Crippen LogP contribution in [0.2, 0.25) is 0 Å². The molecule has 0 aromatic carbocycles. The number of allylic oxidation sites excluding steroid dienone is 34. The van der Waals surface area contributed by atoms with Gasteiger partial charge in [-0.3, -0.25) is 9.59 Å². The second kappa shape index (κ2) is 65.8. The molecule has 78 heavy (non-hydrogen) atoms. The number of rotatable bonds is 53. The third-order valence-corrected chi connectivity index (χ3v) is 12.1. The van der Waals surface area contributed by atoms with Crippen molar-refractivity contribution >= 4 is 11.9 Å². The van der Waals surface area contributed by atoms with Gasteiger partial charge in [0.1, 0.15) is 6.61 Å². The molecule has 0 aliphatic carbocycles. The van der Waals surface area contributed by atoms with E-state index in [1.54, 1.807) is 0 Å². The Morgan fingerprint density at radius 3 is 0.795 bits per heavy atom. The largest absolute Gasteiger partial charge is 0.462 e. The molecule has 0 fully saturated rings. The summed E-state index contributed by atoms with van der Waals surface area (Å²) in [5.74, 6) is -0.666. The zero-order valence-electron chi connectivity index (χ0n) is 49.3. The molecular weight excluding hydrogens is 957 g/mol. The van der Waals surface area contributed by atoms with Crippen molar-refractivity contribution in [2.24, 2.45) is 0 Å². The van der Waals surface area contributed by atoms with Gasteiger partial charge in [-0.1, -0.05) is 265 Å².